The minimum absolute atomic E-state index is 0.241. The van der Waals surface area contributed by atoms with Crippen LogP contribution in [0.3, 0.4) is 0 Å². The molecule has 0 aromatic heterocycles. The summed E-state index contributed by atoms with van der Waals surface area (Å²) >= 11 is 5.79. The zero-order chi connectivity index (χ0) is 12.1. The quantitative estimate of drug-likeness (QED) is 0.462. The highest BCUT2D eigenvalue weighted by Gasteiger charge is 2.14. The fourth-order valence-electron chi connectivity index (χ4n) is 1.33. The number of Topliss-reactive ketones (excluding diaryl/α,β-unsaturated/α-hetero) is 1. The smallest absolute Gasteiger partial charge is 0.313 e. The molecule has 0 saturated heterocycles. The van der Waals surface area contributed by atoms with Crippen molar-refractivity contribution in [1.29, 1.82) is 0 Å². The van der Waals surface area contributed by atoms with E-state index in [0.29, 0.717) is 10.6 Å². The number of hydrogen-bond acceptors (Lipinski definition) is 3. The summed E-state index contributed by atoms with van der Waals surface area (Å²) in [7, 11) is 0. The molecule has 0 saturated carbocycles. The van der Waals surface area contributed by atoms with Gasteiger partial charge in [-0.1, -0.05) is 17.7 Å². The van der Waals surface area contributed by atoms with Crippen molar-refractivity contribution < 1.29 is 14.3 Å². The van der Waals surface area contributed by atoms with E-state index in [1.165, 1.54) is 0 Å². The normalized spacial score (nSPS) is 9.94. The highest BCUT2D eigenvalue weighted by molar-refractivity contribution is 6.31. The van der Waals surface area contributed by atoms with Crippen molar-refractivity contribution in [2.75, 3.05) is 6.61 Å². The molecule has 0 unspecified atom stereocenters. The lowest BCUT2D eigenvalue weighted by Gasteiger charge is -2.05. The predicted octanol–water partition coefficient (Wildman–Crippen LogP) is 2.78. The molecule has 86 valence electrons. The standard InChI is InChI=1S/C12H13ClO3/c1-3-16-12(15)7-11(14)10-6-9(13)5-4-8(10)2/h4-6H,3,7H2,1-2H3. The molecule has 0 radical (unpaired) electrons. The second-order valence-electron chi connectivity index (χ2n) is 3.36. The van der Waals surface area contributed by atoms with Gasteiger partial charge in [0, 0.05) is 10.6 Å². The molecule has 0 atom stereocenters. The molecular formula is C12H13ClO3. The number of aryl methyl sites for hydroxylation is 1. The summed E-state index contributed by atoms with van der Waals surface area (Å²) in [6.07, 6.45) is -0.241. The Morgan fingerprint density at radius 3 is 2.69 bits per heavy atom. The van der Waals surface area contributed by atoms with Gasteiger partial charge in [-0.15, -0.1) is 0 Å². The van der Waals surface area contributed by atoms with Crippen LogP contribution in [0.15, 0.2) is 18.2 Å². The molecule has 1 aromatic rings. The number of ether oxygens (including phenoxy) is 1. The van der Waals surface area contributed by atoms with E-state index in [9.17, 15) is 9.59 Å². The molecule has 1 aromatic carbocycles. The fourth-order valence-corrected chi connectivity index (χ4v) is 1.51. The van der Waals surface area contributed by atoms with Gasteiger partial charge in [-0.25, -0.2) is 0 Å². The third kappa shape index (κ3) is 3.35. The van der Waals surface area contributed by atoms with E-state index in [1.807, 2.05) is 0 Å². The minimum Gasteiger partial charge on any atom is -0.466 e. The maximum atomic E-state index is 11.7. The van der Waals surface area contributed by atoms with Crippen LogP contribution in [-0.4, -0.2) is 18.4 Å². The maximum absolute atomic E-state index is 11.7. The van der Waals surface area contributed by atoms with Gasteiger partial charge in [-0.3, -0.25) is 9.59 Å². The number of ketones is 1. The summed E-state index contributed by atoms with van der Waals surface area (Å²) < 4.78 is 4.71. The summed E-state index contributed by atoms with van der Waals surface area (Å²) in [5, 5.41) is 0.484. The van der Waals surface area contributed by atoms with Crippen LogP contribution in [0.5, 0.6) is 0 Å². The van der Waals surface area contributed by atoms with Gasteiger partial charge in [0.05, 0.1) is 6.61 Å². The van der Waals surface area contributed by atoms with Crippen LogP contribution in [0.25, 0.3) is 0 Å². The molecule has 0 heterocycles. The number of halogens is 1. The van der Waals surface area contributed by atoms with E-state index < -0.39 is 5.97 Å². The van der Waals surface area contributed by atoms with E-state index in [0.717, 1.165) is 5.56 Å². The molecule has 3 nitrogen and oxygen atoms in total. The highest BCUT2D eigenvalue weighted by Crippen LogP contribution is 2.17. The van der Waals surface area contributed by atoms with Crippen molar-refractivity contribution in [3.8, 4) is 0 Å². The molecule has 0 amide bonds. The second-order valence-corrected chi connectivity index (χ2v) is 3.80. The number of hydrogen-bond donors (Lipinski definition) is 0. The number of benzene rings is 1. The van der Waals surface area contributed by atoms with E-state index in [-0.39, 0.29) is 18.8 Å². The van der Waals surface area contributed by atoms with Gasteiger partial charge in [-0.2, -0.15) is 0 Å². The third-order valence-corrected chi connectivity index (χ3v) is 2.35. The Labute approximate surface area is 99.4 Å². The zero-order valence-electron chi connectivity index (χ0n) is 9.25. The molecule has 0 bridgehead atoms. The van der Waals surface area contributed by atoms with Crippen molar-refractivity contribution >= 4 is 23.4 Å². The SMILES string of the molecule is CCOC(=O)CC(=O)c1cc(Cl)ccc1C. The number of esters is 1. The van der Waals surface area contributed by atoms with Crippen LogP contribution in [0.2, 0.25) is 5.02 Å². The van der Waals surface area contributed by atoms with Crippen LogP contribution in [0.4, 0.5) is 0 Å². The maximum Gasteiger partial charge on any atom is 0.313 e. The first-order chi connectivity index (χ1) is 7.54. The Hall–Kier alpha value is -1.35. The summed E-state index contributed by atoms with van der Waals surface area (Å²) in [4.78, 5) is 22.9. The lowest BCUT2D eigenvalue weighted by atomic mass is 10.0. The Morgan fingerprint density at radius 1 is 1.38 bits per heavy atom. The third-order valence-electron chi connectivity index (χ3n) is 2.11. The Balaban J connectivity index is 2.80. The molecule has 16 heavy (non-hydrogen) atoms. The molecule has 0 spiro atoms. The fraction of sp³-hybridized carbons (Fsp3) is 0.333. The molecule has 0 N–H and O–H groups in total. The molecule has 1 rings (SSSR count). The number of rotatable bonds is 4. The monoisotopic (exact) mass is 240 g/mol. The topological polar surface area (TPSA) is 43.4 Å². The van der Waals surface area contributed by atoms with Crippen LogP contribution in [0.1, 0.15) is 29.3 Å². The van der Waals surface area contributed by atoms with Crippen LogP contribution >= 0.6 is 11.6 Å². The molecule has 4 heteroatoms. The first-order valence-electron chi connectivity index (χ1n) is 4.99. The van der Waals surface area contributed by atoms with Gasteiger partial charge in [0.2, 0.25) is 0 Å². The molecule has 0 aliphatic carbocycles. The van der Waals surface area contributed by atoms with E-state index >= 15 is 0 Å². The van der Waals surface area contributed by atoms with Crippen LogP contribution in [-0.2, 0) is 9.53 Å². The summed E-state index contributed by atoms with van der Waals surface area (Å²) in [5.74, 6) is -0.773. The first kappa shape index (κ1) is 12.7. The van der Waals surface area contributed by atoms with Crippen LogP contribution in [0, 0.1) is 6.92 Å². The molecule has 0 aliphatic heterocycles. The first-order valence-corrected chi connectivity index (χ1v) is 5.37. The van der Waals surface area contributed by atoms with E-state index in [2.05, 4.69) is 0 Å². The van der Waals surface area contributed by atoms with E-state index in [4.69, 9.17) is 16.3 Å². The van der Waals surface area contributed by atoms with E-state index in [1.54, 1.807) is 32.0 Å². The Morgan fingerprint density at radius 2 is 2.06 bits per heavy atom. The second kappa shape index (κ2) is 5.66. The Kier molecular flexibility index (Phi) is 4.50. The van der Waals surface area contributed by atoms with Gasteiger partial charge in [0.1, 0.15) is 6.42 Å². The largest absolute Gasteiger partial charge is 0.466 e. The van der Waals surface area contributed by atoms with Gasteiger partial charge < -0.3 is 4.74 Å². The Bertz CT molecular complexity index is 413. The summed E-state index contributed by atoms with van der Waals surface area (Å²) in [5.41, 5.74) is 1.28. The zero-order valence-corrected chi connectivity index (χ0v) is 10.0. The lowest BCUT2D eigenvalue weighted by Crippen LogP contribution is -2.12. The molecular weight excluding hydrogens is 228 g/mol. The molecule has 0 fully saturated rings. The average molecular weight is 241 g/mol. The average Bonchev–Trinajstić information content (AvgIpc) is 2.21. The highest BCUT2D eigenvalue weighted by atomic mass is 35.5. The van der Waals surface area contributed by atoms with Crippen molar-refractivity contribution in [3.05, 3.63) is 34.3 Å². The van der Waals surface area contributed by atoms with Gasteiger partial charge in [0.25, 0.3) is 0 Å². The summed E-state index contributed by atoms with van der Waals surface area (Å²) in [6, 6.07) is 5.03. The van der Waals surface area contributed by atoms with Crippen molar-refractivity contribution in [2.24, 2.45) is 0 Å². The minimum atomic E-state index is -0.508. The predicted molar refractivity (Wildman–Crippen MR) is 61.8 cm³/mol. The van der Waals surface area contributed by atoms with Gasteiger partial charge in [0.15, 0.2) is 5.78 Å². The van der Waals surface area contributed by atoms with Crippen LogP contribution < -0.4 is 0 Å². The van der Waals surface area contributed by atoms with Crippen molar-refractivity contribution in [2.45, 2.75) is 20.3 Å². The summed E-state index contributed by atoms with van der Waals surface area (Å²) in [6.45, 7) is 3.78. The number of carbonyl (C=O) groups excluding carboxylic acids is 2. The van der Waals surface area contributed by atoms with Gasteiger partial charge >= 0.3 is 5.97 Å². The van der Waals surface area contributed by atoms with Crippen molar-refractivity contribution in [3.63, 3.8) is 0 Å². The van der Waals surface area contributed by atoms with Gasteiger partial charge in [-0.05, 0) is 31.5 Å². The van der Waals surface area contributed by atoms with Crippen molar-refractivity contribution in [1.82, 2.24) is 0 Å². The number of carbonyl (C=O) groups is 2. The molecule has 0 aliphatic rings. The lowest BCUT2D eigenvalue weighted by molar-refractivity contribution is -0.141.